The molecule has 0 saturated heterocycles. The molecule has 0 spiro atoms. The fourth-order valence-electron chi connectivity index (χ4n) is 1.68. The minimum absolute atomic E-state index is 0.312. The maximum atomic E-state index is 5.30. The molecule has 0 fully saturated rings. The fraction of sp³-hybridized carbons (Fsp3) is 0.462. The molecule has 0 amide bonds. The van der Waals surface area contributed by atoms with Gasteiger partial charge in [-0.05, 0) is 32.9 Å². The number of aromatic nitrogens is 1. The van der Waals surface area contributed by atoms with Crippen LogP contribution in [0.25, 0.3) is 10.6 Å². The van der Waals surface area contributed by atoms with Gasteiger partial charge in [-0.2, -0.15) is 0 Å². The van der Waals surface area contributed by atoms with Crippen LogP contribution in [0.3, 0.4) is 0 Å². The Labute approximate surface area is 106 Å². The zero-order valence-corrected chi connectivity index (χ0v) is 11.3. The van der Waals surface area contributed by atoms with Crippen molar-refractivity contribution in [2.24, 2.45) is 0 Å². The number of nitrogens with zero attached hydrogens (tertiary/aromatic N) is 1. The Kier molecular flexibility index (Phi) is 3.97. The van der Waals surface area contributed by atoms with Crippen LogP contribution in [0.2, 0.25) is 0 Å². The SMILES string of the molecule is CCCNC(C)c1csc(-c2ccoc2C)n1. The van der Waals surface area contributed by atoms with Crippen molar-refractivity contribution in [1.82, 2.24) is 10.3 Å². The Balaban J connectivity index is 2.13. The van der Waals surface area contributed by atoms with Crippen LogP contribution in [-0.4, -0.2) is 11.5 Å². The van der Waals surface area contributed by atoms with Gasteiger partial charge in [-0.3, -0.25) is 0 Å². The van der Waals surface area contributed by atoms with Gasteiger partial charge in [-0.1, -0.05) is 6.92 Å². The molecular formula is C13H18N2OS. The molecule has 92 valence electrons. The van der Waals surface area contributed by atoms with E-state index in [-0.39, 0.29) is 0 Å². The zero-order chi connectivity index (χ0) is 12.3. The van der Waals surface area contributed by atoms with Gasteiger partial charge in [0.1, 0.15) is 10.8 Å². The lowest BCUT2D eigenvalue weighted by atomic mass is 10.2. The summed E-state index contributed by atoms with van der Waals surface area (Å²) in [6.45, 7) is 7.31. The van der Waals surface area contributed by atoms with E-state index in [0.717, 1.165) is 35.0 Å². The van der Waals surface area contributed by atoms with E-state index >= 15 is 0 Å². The molecule has 0 aliphatic rings. The zero-order valence-electron chi connectivity index (χ0n) is 10.5. The third-order valence-electron chi connectivity index (χ3n) is 2.76. The molecule has 1 unspecified atom stereocenters. The summed E-state index contributed by atoms with van der Waals surface area (Å²) in [6.07, 6.45) is 2.85. The second-order valence-electron chi connectivity index (χ2n) is 4.14. The number of hydrogen-bond acceptors (Lipinski definition) is 4. The molecule has 0 saturated carbocycles. The monoisotopic (exact) mass is 250 g/mol. The summed E-state index contributed by atoms with van der Waals surface area (Å²) in [5.74, 6) is 0.931. The van der Waals surface area contributed by atoms with Crippen molar-refractivity contribution < 1.29 is 4.42 Å². The number of hydrogen-bond donors (Lipinski definition) is 1. The van der Waals surface area contributed by atoms with E-state index in [1.165, 1.54) is 0 Å². The van der Waals surface area contributed by atoms with Crippen molar-refractivity contribution in [3.63, 3.8) is 0 Å². The highest BCUT2D eigenvalue weighted by atomic mass is 32.1. The van der Waals surface area contributed by atoms with Gasteiger partial charge >= 0.3 is 0 Å². The summed E-state index contributed by atoms with van der Waals surface area (Å²) in [5, 5.41) is 6.60. The summed E-state index contributed by atoms with van der Waals surface area (Å²) in [6, 6.07) is 2.29. The molecule has 0 aromatic carbocycles. The van der Waals surface area contributed by atoms with Crippen molar-refractivity contribution in [3.8, 4) is 10.6 Å². The van der Waals surface area contributed by atoms with Gasteiger partial charge in [0.2, 0.25) is 0 Å². The first kappa shape index (κ1) is 12.3. The largest absolute Gasteiger partial charge is 0.469 e. The molecule has 17 heavy (non-hydrogen) atoms. The summed E-state index contributed by atoms with van der Waals surface area (Å²) in [7, 11) is 0. The Morgan fingerprint density at radius 2 is 2.35 bits per heavy atom. The molecule has 2 aromatic rings. The minimum Gasteiger partial charge on any atom is -0.469 e. The quantitative estimate of drug-likeness (QED) is 0.877. The lowest BCUT2D eigenvalue weighted by Gasteiger charge is -2.09. The third-order valence-corrected chi connectivity index (χ3v) is 3.65. The normalized spacial score (nSPS) is 12.9. The van der Waals surface area contributed by atoms with E-state index in [0.29, 0.717) is 6.04 Å². The van der Waals surface area contributed by atoms with Crippen molar-refractivity contribution in [2.45, 2.75) is 33.2 Å². The Bertz CT molecular complexity index is 475. The summed E-state index contributed by atoms with van der Waals surface area (Å²) < 4.78 is 5.30. The van der Waals surface area contributed by atoms with Crippen LogP contribution in [-0.2, 0) is 0 Å². The van der Waals surface area contributed by atoms with Gasteiger partial charge in [-0.25, -0.2) is 4.98 Å². The highest BCUT2D eigenvalue weighted by molar-refractivity contribution is 7.13. The van der Waals surface area contributed by atoms with Crippen molar-refractivity contribution >= 4 is 11.3 Å². The van der Waals surface area contributed by atoms with Gasteiger partial charge in [0, 0.05) is 11.4 Å². The molecule has 2 heterocycles. The molecule has 0 aliphatic heterocycles. The van der Waals surface area contributed by atoms with Crippen LogP contribution in [0, 0.1) is 6.92 Å². The van der Waals surface area contributed by atoms with Crippen LogP contribution < -0.4 is 5.32 Å². The van der Waals surface area contributed by atoms with Crippen LogP contribution in [0.1, 0.15) is 37.8 Å². The summed E-state index contributed by atoms with van der Waals surface area (Å²) in [4.78, 5) is 4.66. The van der Waals surface area contributed by atoms with Crippen molar-refractivity contribution in [2.75, 3.05) is 6.54 Å². The smallest absolute Gasteiger partial charge is 0.127 e. The summed E-state index contributed by atoms with van der Waals surface area (Å²) >= 11 is 1.67. The molecule has 3 nitrogen and oxygen atoms in total. The maximum Gasteiger partial charge on any atom is 0.127 e. The first-order valence-electron chi connectivity index (χ1n) is 5.95. The van der Waals surface area contributed by atoms with E-state index in [9.17, 15) is 0 Å². The molecule has 2 aromatic heterocycles. The lowest BCUT2D eigenvalue weighted by Crippen LogP contribution is -2.19. The molecule has 1 N–H and O–H groups in total. The minimum atomic E-state index is 0.312. The first-order chi connectivity index (χ1) is 8.22. The molecule has 2 rings (SSSR count). The third kappa shape index (κ3) is 2.76. The van der Waals surface area contributed by atoms with Gasteiger partial charge in [0.25, 0.3) is 0 Å². The van der Waals surface area contributed by atoms with E-state index in [1.807, 2.05) is 13.0 Å². The average Bonchev–Trinajstić information content (AvgIpc) is 2.93. The van der Waals surface area contributed by atoms with Crippen LogP contribution >= 0.6 is 11.3 Å². The topological polar surface area (TPSA) is 38.1 Å². The highest BCUT2D eigenvalue weighted by Crippen LogP contribution is 2.29. The molecule has 1 atom stereocenters. The van der Waals surface area contributed by atoms with Crippen LogP contribution in [0.4, 0.5) is 0 Å². The standard InChI is InChI=1S/C13H18N2OS/c1-4-6-14-9(2)12-8-17-13(15-12)11-5-7-16-10(11)3/h5,7-9,14H,4,6H2,1-3H3. The molecule has 0 radical (unpaired) electrons. The lowest BCUT2D eigenvalue weighted by molar-refractivity contribution is 0.535. The van der Waals surface area contributed by atoms with Crippen molar-refractivity contribution in [3.05, 3.63) is 29.2 Å². The van der Waals surface area contributed by atoms with Gasteiger partial charge < -0.3 is 9.73 Å². The van der Waals surface area contributed by atoms with E-state index in [4.69, 9.17) is 4.42 Å². The number of thiazole rings is 1. The highest BCUT2D eigenvalue weighted by Gasteiger charge is 2.12. The van der Waals surface area contributed by atoms with E-state index in [2.05, 4.69) is 29.5 Å². The number of aryl methyl sites for hydroxylation is 1. The van der Waals surface area contributed by atoms with Crippen LogP contribution in [0.5, 0.6) is 0 Å². The van der Waals surface area contributed by atoms with Crippen LogP contribution in [0.15, 0.2) is 22.1 Å². The fourth-order valence-corrected chi connectivity index (χ4v) is 2.67. The Hall–Kier alpha value is -1.13. The Morgan fingerprint density at radius 3 is 3.00 bits per heavy atom. The predicted molar refractivity (Wildman–Crippen MR) is 71.3 cm³/mol. The molecule has 4 heteroatoms. The molecular weight excluding hydrogens is 232 g/mol. The number of nitrogens with one attached hydrogen (secondary N) is 1. The van der Waals surface area contributed by atoms with Crippen molar-refractivity contribution in [1.29, 1.82) is 0 Å². The summed E-state index contributed by atoms with van der Waals surface area (Å²) in [5.41, 5.74) is 2.21. The number of furan rings is 1. The Morgan fingerprint density at radius 1 is 1.53 bits per heavy atom. The molecule has 0 aliphatic carbocycles. The van der Waals surface area contributed by atoms with Gasteiger partial charge in [-0.15, -0.1) is 11.3 Å². The molecule has 0 bridgehead atoms. The second kappa shape index (κ2) is 5.47. The van der Waals surface area contributed by atoms with E-state index < -0.39 is 0 Å². The van der Waals surface area contributed by atoms with Gasteiger partial charge in [0.15, 0.2) is 0 Å². The second-order valence-corrected chi connectivity index (χ2v) is 5.00. The van der Waals surface area contributed by atoms with E-state index in [1.54, 1.807) is 17.6 Å². The van der Waals surface area contributed by atoms with Gasteiger partial charge in [0.05, 0.1) is 17.5 Å². The first-order valence-corrected chi connectivity index (χ1v) is 6.83. The average molecular weight is 250 g/mol. The number of rotatable bonds is 5. The maximum absolute atomic E-state index is 5.30. The predicted octanol–water partition coefficient (Wildman–Crippen LogP) is 3.77.